The standard InChI is InChI=1S/C37H40FN5O8S/c1-4-6-7-14-21-52(48,49)51-28-19-20-29(38)30(22-28)40-34(45)31(32(44)33-39-25(3)23-41(33)27-17-12-9-13-18-27)43-35(46)36(50-5-2)42(37(43)47)24-26-15-10-8-11-16-26/h8-13,15-20,22-23,31,46H,4-7,14,21,24H2,1-3H3,(H,40,45). The molecule has 0 radical (unpaired) electrons. The molecule has 52 heavy (non-hydrogen) atoms. The molecule has 3 aromatic carbocycles. The van der Waals surface area contributed by atoms with E-state index in [0.717, 1.165) is 35.6 Å². The predicted molar refractivity (Wildman–Crippen MR) is 192 cm³/mol. The number of halogens is 1. The molecule has 2 heterocycles. The van der Waals surface area contributed by atoms with Crippen LogP contribution in [0, 0.1) is 12.7 Å². The van der Waals surface area contributed by atoms with Crippen molar-refractivity contribution >= 4 is 27.5 Å². The van der Waals surface area contributed by atoms with Crippen LogP contribution in [-0.4, -0.2) is 56.3 Å². The number of anilines is 1. The monoisotopic (exact) mass is 733 g/mol. The number of carbonyl (C=O) groups excluding carboxylic acids is 2. The van der Waals surface area contributed by atoms with E-state index in [9.17, 15) is 27.9 Å². The van der Waals surface area contributed by atoms with Crippen molar-refractivity contribution in [2.45, 2.75) is 59.0 Å². The van der Waals surface area contributed by atoms with Crippen LogP contribution in [0.1, 0.15) is 67.4 Å². The molecule has 15 heteroatoms. The summed E-state index contributed by atoms with van der Waals surface area (Å²) in [7, 11) is -4.05. The first-order valence-corrected chi connectivity index (χ1v) is 18.4. The highest BCUT2D eigenvalue weighted by Crippen LogP contribution is 2.32. The number of imidazole rings is 2. The molecule has 13 nitrogen and oxygen atoms in total. The Bertz CT molecular complexity index is 2200. The van der Waals surface area contributed by atoms with E-state index in [1.807, 2.05) is 6.92 Å². The highest BCUT2D eigenvalue weighted by atomic mass is 32.2. The maximum absolute atomic E-state index is 15.2. The number of hydrogen-bond acceptors (Lipinski definition) is 9. The van der Waals surface area contributed by atoms with Gasteiger partial charge in [-0.2, -0.15) is 8.42 Å². The first-order chi connectivity index (χ1) is 24.9. The molecular weight excluding hydrogens is 693 g/mol. The molecule has 5 aromatic rings. The molecule has 2 N–H and O–H groups in total. The summed E-state index contributed by atoms with van der Waals surface area (Å²) in [5.41, 5.74) is 0.0754. The summed E-state index contributed by atoms with van der Waals surface area (Å²) in [6, 6.07) is 18.2. The normalized spacial score (nSPS) is 12.0. The first kappa shape index (κ1) is 37.6. The lowest BCUT2D eigenvalue weighted by Gasteiger charge is -2.18. The second-order valence-corrected chi connectivity index (χ2v) is 13.7. The largest absolute Gasteiger partial charge is 0.491 e. The third-order valence-corrected chi connectivity index (χ3v) is 9.30. The van der Waals surface area contributed by atoms with Gasteiger partial charge >= 0.3 is 15.8 Å². The van der Waals surface area contributed by atoms with Crippen LogP contribution in [0.3, 0.4) is 0 Å². The Hall–Kier alpha value is -5.70. The Morgan fingerprint density at radius 3 is 2.35 bits per heavy atom. The lowest BCUT2D eigenvalue weighted by molar-refractivity contribution is -0.118. The zero-order valence-electron chi connectivity index (χ0n) is 29.0. The van der Waals surface area contributed by atoms with E-state index >= 15 is 4.39 Å². The number of rotatable bonds is 17. The molecule has 2 aromatic heterocycles. The predicted octanol–water partition coefficient (Wildman–Crippen LogP) is 5.79. The number of benzene rings is 3. The summed E-state index contributed by atoms with van der Waals surface area (Å²) in [5, 5.41) is 13.8. The average Bonchev–Trinajstić information content (AvgIpc) is 3.62. The zero-order valence-corrected chi connectivity index (χ0v) is 29.8. The number of ether oxygens (including phenoxy) is 1. The van der Waals surface area contributed by atoms with Crippen molar-refractivity contribution < 1.29 is 36.4 Å². The second-order valence-electron chi connectivity index (χ2n) is 12.0. The lowest BCUT2D eigenvalue weighted by atomic mass is 10.1. The van der Waals surface area contributed by atoms with Gasteiger partial charge in [0.1, 0.15) is 11.6 Å². The summed E-state index contributed by atoms with van der Waals surface area (Å²) in [6.07, 6.45) is 4.39. The van der Waals surface area contributed by atoms with Gasteiger partial charge in [-0.3, -0.25) is 18.7 Å². The van der Waals surface area contributed by atoms with Gasteiger partial charge in [0.25, 0.3) is 17.7 Å². The van der Waals surface area contributed by atoms with Gasteiger partial charge < -0.3 is 19.3 Å². The minimum atomic E-state index is -4.05. The van der Waals surface area contributed by atoms with Gasteiger partial charge in [-0.05, 0) is 50.1 Å². The molecule has 1 atom stereocenters. The van der Waals surface area contributed by atoms with Crippen LogP contribution >= 0.6 is 0 Å². The zero-order chi connectivity index (χ0) is 37.4. The van der Waals surface area contributed by atoms with E-state index in [1.165, 1.54) is 4.57 Å². The lowest BCUT2D eigenvalue weighted by Crippen LogP contribution is -2.39. The number of para-hydroxylation sites is 1. The molecule has 0 spiro atoms. The van der Waals surface area contributed by atoms with E-state index in [-0.39, 0.29) is 36.4 Å². The van der Waals surface area contributed by atoms with Gasteiger partial charge in [-0.15, -0.1) is 0 Å². The van der Waals surface area contributed by atoms with Crippen LogP contribution in [0.25, 0.3) is 5.69 Å². The second kappa shape index (κ2) is 16.5. The van der Waals surface area contributed by atoms with Gasteiger partial charge in [0, 0.05) is 18.0 Å². The van der Waals surface area contributed by atoms with Crippen LogP contribution in [0.4, 0.5) is 10.1 Å². The number of Topliss-reactive ketones (excluding diaryl/α,β-unsaturated/α-hetero) is 1. The van der Waals surface area contributed by atoms with Gasteiger partial charge in [0.05, 0.1) is 30.3 Å². The smallest absolute Gasteiger partial charge is 0.335 e. The van der Waals surface area contributed by atoms with Gasteiger partial charge in [-0.25, -0.2) is 18.7 Å². The van der Waals surface area contributed by atoms with E-state index < -0.39 is 50.9 Å². The Kier molecular flexibility index (Phi) is 11.9. The third-order valence-electron chi connectivity index (χ3n) is 8.07. The average molecular weight is 734 g/mol. The number of aromatic nitrogens is 4. The van der Waals surface area contributed by atoms with Crippen molar-refractivity contribution in [2.75, 3.05) is 17.7 Å². The molecule has 1 unspecified atom stereocenters. The topological polar surface area (TPSA) is 164 Å². The number of carbonyl (C=O) groups is 2. The Balaban J connectivity index is 1.59. The number of aryl methyl sites for hydroxylation is 1. The number of unbranched alkanes of at least 4 members (excludes halogenated alkanes) is 3. The van der Waals surface area contributed by atoms with Crippen molar-refractivity contribution in [2.24, 2.45) is 0 Å². The van der Waals surface area contributed by atoms with Gasteiger partial charge in [0.15, 0.2) is 11.9 Å². The van der Waals surface area contributed by atoms with Crippen LogP contribution < -0.4 is 19.9 Å². The number of ketones is 1. The Labute approximate surface area is 300 Å². The molecule has 274 valence electrons. The third kappa shape index (κ3) is 8.60. The van der Waals surface area contributed by atoms with Crippen molar-refractivity contribution in [3.05, 3.63) is 118 Å². The van der Waals surface area contributed by atoms with Crippen molar-refractivity contribution in [3.8, 4) is 23.2 Å². The molecular formula is C37H40FN5O8S. The highest BCUT2D eigenvalue weighted by molar-refractivity contribution is 7.87. The maximum atomic E-state index is 15.2. The molecule has 1 amide bonds. The molecule has 0 bridgehead atoms. The molecule has 0 aliphatic rings. The van der Waals surface area contributed by atoms with Crippen molar-refractivity contribution in [3.63, 3.8) is 0 Å². The number of amides is 1. The molecule has 0 fully saturated rings. The number of aromatic hydroxyl groups is 1. The maximum Gasteiger partial charge on any atom is 0.335 e. The van der Waals surface area contributed by atoms with E-state index in [4.69, 9.17) is 8.92 Å². The van der Waals surface area contributed by atoms with Crippen molar-refractivity contribution in [1.29, 1.82) is 0 Å². The summed E-state index contributed by atoms with van der Waals surface area (Å²) in [5.74, 6) is -5.15. The van der Waals surface area contributed by atoms with E-state index in [2.05, 4.69) is 10.3 Å². The molecule has 0 aliphatic heterocycles. The van der Waals surface area contributed by atoms with Crippen LogP contribution in [0.15, 0.2) is 89.9 Å². The molecule has 5 rings (SSSR count). The van der Waals surface area contributed by atoms with Crippen LogP contribution in [-0.2, 0) is 21.5 Å². The number of hydrogen-bond donors (Lipinski definition) is 2. The quantitative estimate of drug-likeness (QED) is 0.0521. The van der Waals surface area contributed by atoms with Gasteiger partial charge in [-0.1, -0.05) is 74.7 Å². The molecule has 0 saturated carbocycles. The minimum absolute atomic E-state index is 0.0216. The fraction of sp³-hybridized carbons (Fsp3) is 0.297. The Morgan fingerprint density at radius 2 is 1.67 bits per heavy atom. The van der Waals surface area contributed by atoms with E-state index in [1.54, 1.807) is 80.7 Å². The van der Waals surface area contributed by atoms with Crippen molar-refractivity contribution in [1.82, 2.24) is 18.7 Å². The number of nitrogens with one attached hydrogen (secondary N) is 1. The summed E-state index contributed by atoms with van der Waals surface area (Å²) < 4.78 is 54.4. The molecule has 0 aliphatic carbocycles. The van der Waals surface area contributed by atoms with Crippen LogP contribution in [0.2, 0.25) is 0 Å². The summed E-state index contributed by atoms with van der Waals surface area (Å²) in [6.45, 7) is 5.19. The Morgan fingerprint density at radius 1 is 0.981 bits per heavy atom. The first-order valence-electron chi connectivity index (χ1n) is 16.8. The minimum Gasteiger partial charge on any atom is -0.491 e. The van der Waals surface area contributed by atoms with E-state index in [0.29, 0.717) is 34.4 Å². The molecule has 0 saturated heterocycles. The summed E-state index contributed by atoms with van der Waals surface area (Å²) in [4.78, 5) is 47.3. The van der Waals surface area contributed by atoms with Gasteiger partial charge in [0.2, 0.25) is 5.78 Å². The van der Waals surface area contributed by atoms with Crippen LogP contribution in [0.5, 0.6) is 17.5 Å². The fourth-order valence-electron chi connectivity index (χ4n) is 5.63. The number of nitrogens with zero attached hydrogens (tertiary/aromatic N) is 4. The SMILES string of the molecule is CCCCCCS(=O)(=O)Oc1ccc(F)c(NC(=O)C(C(=O)c2nc(C)cn2-c2ccccc2)n2c(O)c(OCC)n(Cc3ccccc3)c2=O)c1. The highest BCUT2D eigenvalue weighted by Gasteiger charge is 2.39. The fourth-order valence-corrected chi connectivity index (χ4v) is 6.67. The summed E-state index contributed by atoms with van der Waals surface area (Å²) >= 11 is 0.